The number of aromatic nitrogens is 3. The number of hydrogen-bond donors (Lipinski definition) is 2. The van der Waals surface area contributed by atoms with Crippen LogP contribution < -0.4 is 10.6 Å². The minimum Gasteiger partial charge on any atom is -0.337 e. The quantitative estimate of drug-likeness (QED) is 0.480. The second-order valence-electron chi connectivity index (χ2n) is 5.39. The molecule has 6 nitrogen and oxygen atoms in total. The third-order valence-corrected chi connectivity index (χ3v) is 4.74. The topological polar surface area (TPSA) is 71.8 Å². The lowest BCUT2D eigenvalue weighted by Gasteiger charge is -2.08. The Morgan fingerprint density at radius 2 is 2.00 bits per heavy atom. The Hall–Kier alpha value is -2.51. The number of nitrogens with zero attached hydrogens (tertiary/aromatic N) is 3. The summed E-state index contributed by atoms with van der Waals surface area (Å²) >= 11 is 7.52. The molecule has 2 N–H and O–H groups in total. The number of hydrogen-bond acceptors (Lipinski definition) is 4. The number of carbonyl (C=O) groups excluding carboxylic acids is 1. The molecule has 3 rings (SSSR count). The van der Waals surface area contributed by atoms with Crippen LogP contribution >= 0.6 is 23.4 Å². The van der Waals surface area contributed by atoms with E-state index < -0.39 is 0 Å². The predicted octanol–water partition coefficient (Wildman–Crippen LogP) is 3.51. The van der Waals surface area contributed by atoms with Gasteiger partial charge in [0.2, 0.25) is 0 Å². The fraction of sp³-hybridized carbons (Fsp3) is 0.167. The summed E-state index contributed by atoms with van der Waals surface area (Å²) in [6.07, 6.45) is 5.26. The first kappa shape index (κ1) is 18.3. The average molecular weight is 388 g/mol. The van der Waals surface area contributed by atoms with E-state index in [4.69, 9.17) is 11.6 Å². The number of urea groups is 1. The summed E-state index contributed by atoms with van der Waals surface area (Å²) < 4.78 is 1.68. The monoisotopic (exact) mass is 387 g/mol. The Labute approximate surface area is 161 Å². The standard InChI is InChI=1S/C18H18ClN5OS/c19-15-3-5-16(6-4-15)26-11-9-20-18(25)22-13-14-2-7-17(21-12-14)24-10-1-8-23-24/h1-8,10,12H,9,11,13H2,(H2,20,22,25). The van der Waals surface area contributed by atoms with Gasteiger partial charge in [-0.1, -0.05) is 17.7 Å². The molecular formula is C18H18ClN5OS. The molecule has 26 heavy (non-hydrogen) atoms. The minimum atomic E-state index is -0.196. The number of thioether (sulfide) groups is 1. The molecule has 0 radical (unpaired) electrons. The van der Waals surface area contributed by atoms with Gasteiger partial charge in [-0.2, -0.15) is 5.10 Å². The van der Waals surface area contributed by atoms with Crippen molar-refractivity contribution in [2.75, 3.05) is 12.3 Å². The molecule has 2 aromatic heterocycles. The fourth-order valence-corrected chi connectivity index (χ4v) is 3.06. The Morgan fingerprint density at radius 1 is 1.15 bits per heavy atom. The molecule has 0 atom stereocenters. The van der Waals surface area contributed by atoms with Crippen LogP contribution in [-0.2, 0) is 6.54 Å². The number of nitrogens with one attached hydrogen (secondary N) is 2. The normalized spacial score (nSPS) is 10.5. The van der Waals surface area contributed by atoms with E-state index in [-0.39, 0.29) is 6.03 Å². The first-order chi connectivity index (χ1) is 12.7. The number of pyridine rings is 1. The molecule has 0 aliphatic heterocycles. The van der Waals surface area contributed by atoms with Gasteiger partial charge in [-0.05, 0) is 42.0 Å². The maximum atomic E-state index is 11.8. The molecule has 0 fully saturated rings. The second-order valence-corrected chi connectivity index (χ2v) is 6.99. The molecule has 0 aliphatic rings. The molecule has 2 heterocycles. The van der Waals surface area contributed by atoms with Gasteiger partial charge in [0.1, 0.15) is 0 Å². The maximum absolute atomic E-state index is 11.8. The molecule has 1 aromatic carbocycles. The molecule has 0 unspecified atom stereocenters. The van der Waals surface area contributed by atoms with Crippen molar-refractivity contribution >= 4 is 29.4 Å². The van der Waals surface area contributed by atoms with E-state index in [0.717, 1.165) is 27.1 Å². The Bertz CT molecular complexity index is 822. The van der Waals surface area contributed by atoms with E-state index in [1.165, 1.54) is 0 Å². The van der Waals surface area contributed by atoms with E-state index in [2.05, 4.69) is 20.7 Å². The lowest BCUT2D eigenvalue weighted by Crippen LogP contribution is -2.36. The van der Waals surface area contributed by atoms with E-state index in [9.17, 15) is 4.79 Å². The molecule has 8 heteroatoms. The number of carbonyl (C=O) groups is 1. The average Bonchev–Trinajstić information content (AvgIpc) is 3.20. The molecule has 2 amide bonds. The number of halogens is 1. The van der Waals surface area contributed by atoms with Crippen molar-refractivity contribution in [2.45, 2.75) is 11.4 Å². The highest BCUT2D eigenvalue weighted by Gasteiger charge is 2.02. The van der Waals surface area contributed by atoms with Gasteiger partial charge in [-0.15, -0.1) is 11.8 Å². The Morgan fingerprint density at radius 3 is 2.69 bits per heavy atom. The van der Waals surface area contributed by atoms with Gasteiger partial charge < -0.3 is 10.6 Å². The van der Waals surface area contributed by atoms with Crippen molar-refractivity contribution in [3.05, 3.63) is 71.6 Å². The van der Waals surface area contributed by atoms with Gasteiger partial charge in [-0.3, -0.25) is 0 Å². The lowest BCUT2D eigenvalue weighted by atomic mass is 10.3. The van der Waals surface area contributed by atoms with Gasteiger partial charge in [-0.25, -0.2) is 14.5 Å². The summed E-state index contributed by atoms with van der Waals surface area (Å²) in [5.41, 5.74) is 0.923. The zero-order chi connectivity index (χ0) is 18.2. The molecule has 0 saturated heterocycles. The van der Waals surface area contributed by atoms with Gasteiger partial charge in [0.25, 0.3) is 0 Å². The summed E-state index contributed by atoms with van der Waals surface area (Å²) in [6.45, 7) is 0.998. The van der Waals surface area contributed by atoms with Crippen LogP contribution in [0.5, 0.6) is 0 Å². The van der Waals surface area contributed by atoms with Crippen molar-refractivity contribution in [3.63, 3.8) is 0 Å². The van der Waals surface area contributed by atoms with Crippen molar-refractivity contribution in [1.29, 1.82) is 0 Å². The van der Waals surface area contributed by atoms with Crippen LogP contribution in [0.15, 0.2) is 66.0 Å². The third kappa shape index (κ3) is 5.50. The molecule has 0 aliphatic carbocycles. The van der Waals surface area contributed by atoms with E-state index in [0.29, 0.717) is 13.1 Å². The second kappa shape index (κ2) is 9.26. The minimum absolute atomic E-state index is 0.196. The van der Waals surface area contributed by atoms with Crippen LogP contribution in [0.25, 0.3) is 5.82 Å². The molecule has 0 bridgehead atoms. The Balaban J connectivity index is 1.35. The number of rotatable bonds is 7. The largest absolute Gasteiger partial charge is 0.337 e. The van der Waals surface area contributed by atoms with Crippen LogP contribution in [0.4, 0.5) is 4.79 Å². The smallest absolute Gasteiger partial charge is 0.315 e. The third-order valence-electron chi connectivity index (χ3n) is 3.47. The Kier molecular flexibility index (Phi) is 6.51. The van der Waals surface area contributed by atoms with Crippen molar-refractivity contribution in [2.24, 2.45) is 0 Å². The van der Waals surface area contributed by atoms with E-state index >= 15 is 0 Å². The summed E-state index contributed by atoms with van der Waals surface area (Å²) in [6, 6.07) is 13.1. The number of amides is 2. The van der Waals surface area contributed by atoms with Crippen LogP contribution in [0.1, 0.15) is 5.56 Å². The van der Waals surface area contributed by atoms with Crippen molar-refractivity contribution in [1.82, 2.24) is 25.4 Å². The van der Waals surface area contributed by atoms with Gasteiger partial charge in [0.05, 0.1) is 0 Å². The highest BCUT2D eigenvalue weighted by molar-refractivity contribution is 7.99. The van der Waals surface area contributed by atoms with Gasteiger partial charge in [0.15, 0.2) is 5.82 Å². The van der Waals surface area contributed by atoms with Crippen LogP contribution in [-0.4, -0.2) is 33.1 Å². The first-order valence-corrected chi connectivity index (χ1v) is 9.42. The van der Waals surface area contributed by atoms with Crippen molar-refractivity contribution < 1.29 is 4.79 Å². The molecule has 3 aromatic rings. The van der Waals surface area contributed by atoms with Gasteiger partial charge >= 0.3 is 6.03 Å². The molecule has 0 spiro atoms. The summed E-state index contributed by atoms with van der Waals surface area (Å²) in [7, 11) is 0. The van der Waals surface area contributed by atoms with E-state index in [1.807, 2.05) is 48.7 Å². The molecule has 134 valence electrons. The van der Waals surface area contributed by atoms with Crippen LogP contribution in [0.2, 0.25) is 5.02 Å². The summed E-state index contributed by atoms with van der Waals surface area (Å²) in [5.74, 6) is 1.53. The van der Waals surface area contributed by atoms with Crippen LogP contribution in [0.3, 0.4) is 0 Å². The molecule has 0 saturated carbocycles. The van der Waals surface area contributed by atoms with Crippen molar-refractivity contribution in [3.8, 4) is 5.82 Å². The van der Waals surface area contributed by atoms with Gasteiger partial charge in [0, 0.05) is 47.4 Å². The SMILES string of the molecule is O=C(NCCSc1ccc(Cl)cc1)NCc1ccc(-n2cccn2)nc1. The first-order valence-electron chi connectivity index (χ1n) is 8.06. The predicted molar refractivity (Wildman–Crippen MR) is 104 cm³/mol. The van der Waals surface area contributed by atoms with E-state index in [1.54, 1.807) is 28.8 Å². The number of benzene rings is 1. The molecular weight excluding hydrogens is 370 g/mol. The fourth-order valence-electron chi connectivity index (χ4n) is 2.17. The highest BCUT2D eigenvalue weighted by Crippen LogP contribution is 2.19. The summed E-state index contributed by atoms with van der Waals surface area (Å²) in [4.78, 5) is 17.3. The zero-order valence-electron chi connectivity index (χ0n) is 13.9. The lowest BCUT2D eigenvalue weighted by molar-refractivity contribution is 0.241. The maximum Gasteiger partial charge on any atom is 0.315 e. The zero-order valence-corrected chi connectivity index (χ0v) is 15.5. The highest BCUT2D eigenvalue weighted by atomic mass is 35.5. The van der Waals surface area contributed by atoms with Crippen LogP contribution in [0, 0.1) is 0 Å². The summed E-state index contributed by atoms with van der Waals surface area (Å²) in [5, 5.41) is 10.5.